The lowest BCUT2D eigenvalue weighted by molar-refractivity contribution is 0.521. The van der Waals surface area contributed by atoms with Crippen LogP contribution in [0.2, 0.25) is 0 Å². The van der Waals surface area contributed by atoms with Crippen molar-refractivity contribution in [3.63, 3.8) is 0 Å². The van der Waals surface area contributed by atoms with E-state index >= 15 is 0 Å². The van der Waals surface area contributed by atoms with Crippen LogP contribution in [0.25, 0.3) is 0 Å². The highest BCUT2D eigenvalue weighted by Crippen LogP contribution is 2.23. The van der Waals surface area contributed by atoms with E-state index in [9.17, 15) is 8.94 Å². The van der Waals surface area contributed by atoms with E-state index in [0.29, 0.717) is 9.13 Å². The lowest BCUT2D eigenvalue weighted by Crippen LogP contribution is -2.40. The topological polar surface area (TPSA) is 35.1 Å². The largest absolute Gasteiger partial charge is 0.598 e. The Balaban J connectivity index is 2.84. The minimum Gasteiger partial charge on any atom is -0.598 e. The van der Waals surface area contributed by atoms with Crippen molar-refractivity contribution >= 4 is 34.0 Å². The summed E-state index contributed by atoms with van der Waals surface area (Å²) < 4.78 is 28.9. The standard InChI is InChI=1S/C12H17FINOS/c1-8(15-17(16)12(2,3)4)9-6-5-7-10(14)11(9)13/h5-8,15H,1-4H3. The molecule has 0 saturated heterocycles. The highest BCUT2D eigenvalue weighted by Gasteiger charge is 2.29. The molecular weight excluding hydrogens is 352 g/mol. The molecule has 1 rings (SSSR count). The maximum absolute atomic E-state index is 13.9. The van der Waals surface area contributed by atoms with E-state index in [2.05, 4.69) is 4.72 Å². The van der Waals surface area contributed by atoms with Crippen LogP contribution in [0.1, 0.15) is 39.3 Å². The Hall–Kier alpha value is 0.150. The van der Waals surface area contributed by atoms with Crippen molar-refractivity contribution in [3.05, 3.63) is 33.1 Å². The third-order valence-corrected chi connectivity index (χ3v) is 4.80. The number of rotatable bonds is 3. The maximum Gasteiger partial charge on any atom is 0.141 e. The van der Waals surface area contributed by atoms with Crippen molar-refractivity contribution in [1.29, 1.82) is 0 Å². The molecule has 0 aromatic heterocycles. The Morgan fingerprint density at radius 2 is 2.00 bits per heavy atom. The van der Waals surface area contributed by atoms with Crippen LogP contribution in [0.5, 0.6) is 0 Å². The Morgan fingerprint density at radius 1 is 1.41 bits per heavy atom. The van der Waals surface area contributed by atoms with E-state index < -0.39 is 11.4 Å². The van der Waals surface area contributed by atoms with Gasteiger partial charge in [-0.1, -0.05) is 12.1 Å². The molecule has 17 heavy (non-hydrogen) atoms. The fourth-order valence-corrected chi connectivity index (χ4v) is 2.58. The van der Waals surface area contributed by atoms with E-state index in [0.717, 1.165) is 0 Å². The summed E-state index contributed by atoms with van der Waals surface area (Å²) in [7, 11) is 0. The smallest absolute Gasteiger partial charge is 0.141 e. The third kappa shape index (κ3) is 4.08. The van der Waals surface area contributed by atoms with E-state index in [1.54, 1.807) is 18.2 Å². The summed E-state index contributed by atoms with van der Waals surface area (Å²) >= 11 is 0.753. The Morgan fingerprint density at radius 3 is 2.53 bits per heavy atom. The molecule has 0 fully saturated rings. The third-order valence-electron chi connectivity index (χ3n) is 2.29. The zero-order chi connectivity index (χ0) is 13.2. The SMILES string of the molecule is CC(N[S+]([O-])C(C)(C)C)c1cccc(I)c1F. The van der Waals surface area contributed by atoms with E-state index in [1.807, 2.05) is 50.3 Å². The molecule has 1 aromatic carbocycles. The second-order valence-electron chi connectivity index (χ2n) is 4.86. The van der Waals surface area contributed by atoms with Gasteiger partial charge in [0.15, 0.2) is 0 Å². The summed E-state index contributed by atoms with van der Waals surface area (Å²) in [6.45, 7) is 7.47. The molecule has 0 bridgehead atoms. The first kappa shape index (κ1) is 15.2. The zero-order valence-electron chi connectivity index (χ0n) is 10.4. The molecule has 0 spiro atoms. The average molecular weight is 369 g/mol. The number of hydrogen-bond donors (Lipinski definition) is 1. The fourth-order valence-electron chi connectivity index (χ4n) is 1.26. The summed E-state index contributed by atoms with van der Waals surface area (Å²) in [4.78, 5) is 0. The van der Waals surface area contributed by atoms with E-state index in [4.69, 9.17) is 0 Å². The van der Waals surface area contributed by atoms with Crippen LogP contribution in [0.15, 0.2) is 18.2 Å². The van der Waals surface area contributed by atoms with E-state index in [-0.39, 0.29) is 16.6 Å². The molecule has 2 nitrogen and oxygen atoms in total. The van der Waals surface area contributed by atoms with Gasteiger partial charge in [-0.25, -0.2) is 4.39 Å². The van der Waals surface area contributed by atoms with Crippen LogP contribution in [0, 0.1) is 9.39 Å². The summed E-state index contributed by atoms with van der Waals surface area (Å²) in [5, 5.41) is 0. The lowest BCUT2D eigenvalue weighted by atomic mass is 10.1. The molecule has 1 aromatic rings. The molecule has 96 valence electrons. The summed E-state index contributed by atoms with van der Waals surface area (Å²) in [6.07, 6.45) is 0. The molecule has 0 amide bonds. The van der Waals surface area contributed by atoms with Gasteiger partial charge in [-0.2, -0.15) is 0 Å². The highest BCUT2D eigenvalue weighted by molar-refractivity contribution is 14.1. The Bertz CT molecular complexity index is 395. The van der Waals surface area contributed by atoms with E-state index in [1.165, 1.54) is 0 Å². The zero-order valence-corrected chi connectivity index (χ0v) is 13.4. The molecule has 0 saturated carbocycles. The van der Waals surface area contributed by atoms with Crippen molar-refractivity contribution in [2.75, 3.05) is 0 Å². The van der Waals surface area contributed by atoms with Crippen molar-refractivity contribution in [2.24, 2.45) is 0 Å². The second kappa shape index (κ2) is 5.86. The van der Waals surface area contributed by atoms with Crippen LogP contribution in [0.3, 0.4) is 0 Å². The quantitative estimate of drug-likeness (QED) is 0.654. The minimum absolute atomic E-state index is 0.237. The second-order valence-corrected chi connectivity index (χ2v) is 8.02. The van der Waals surface area contributed by atoms with Crippen LogP contribution < -0.4 is 4.72 Å². The first-order chi connectivity index (χ1) is 7.73. The first-order valence-electron chi connectivity index (χ1n) is 5.35. The molecule has 2 unspecified atom stereocenters. The molecule has 1 N–H and O–H groups in total. The predicted molar refractivity (Wildman–Crippen MR) is 78.6 cm³/mol. The fraction of sp³-hybridized carbons (Fsp3) is 0.500. The van der Waals surface area contributed by atoms with Gasteiger partial charge in [0, 0.05) is 20.5 Å². The van der Waals surface area contributed by atoms with Gasteiger partial charge in [0.1, 0.15) is 10.6 Å². The number of nitrogens with one attached hydrogen (secondary N) is 1. The normalized spacial score (nSPS) is 15.7. The van der Waals surface area contributed by atoms with Gasteiger partial charge in [0.05, 0.1) is 6.04 Å². The molecule has 0 aliphatic carbocycles. The Kier molecular flexibility index (Phi) is 5.24. The predicted octanol–water partition coefficient (Wildman–Crippen LogP) is 3.54. The van der Waals surface area contributed by atoms with Gasteiger partial charge < -0.3 is 4.55 Å². The van der Waals surface area contributed by atoms with Crippen molar-refractivity contribution in [1.82, 2.24) is 4.72 Å². The molecular formula is C12H17FINOS. The molecule has 0 radical (unpaired) electrons. The van der Waals surface area contributed by atoms with Crippen molar-refractivity contribution in [2.45, 2.75) is 38.5 Å². The lowest BCUT2D eigenvalue weighted by Gasteiger charge is -2.26. The number of hydrogen-bond acceptors (Lipinski definition) is 2. The van der Waals surface area contributed by atoms with Gasteiger partial charge in [-0.15, -0.1) is 4.72 Å². The molecule has 0 heterocycles. The number of halogens is 2. The highest BCUT2D eigenvalue weighted by atomic mass is 127. The molecule has 5 heteroatoms. The molecule has 0 aliphatic rings. The monoisotopic (exact) mass is 369 g/mol. The van der Waals surface area contributed by atoms with Crippen molar-refractivity contribution < 1.29 is 8.94 Å². The molecule has 2 atom stereocenters. The summed E-state index contributed by atoms with van der Waals surface area (Å²) in [5.74, 6) is -0.237. The van der Waals surface area contributed by atoms with Gasteiger partial charge >= 0.3 is 0 Å². The van der Waals surface area contributed by atoms with Crippen molar-refractivity contribution in [3.8, 4) is 0 Å². The minimum atomic E-state index is -1.20. The van der Waals surface area contributed by atoms with Gasteiger partial charge in [-0.05, 0) is 56.4 Å². The van der Waals surface area contributed by atoms with Gasteiger partial charge in [0.25, 0.3) is 0 Å². The van der Waals surface area contributed by atoms with Crippen LogP contribution in [-0.2, 0) is 11.4 Å². The first-order valence-corrected chi connectivity index (χ1v) is 7.58. The van der Waals surface area contributed by atoms with Crippen LogP contribution >= 0.6 is 22.6 Å². The molecule has 0 aliphatic heterocycles. The van der Waals surface area contributed by atoms with Crippen LogP contribution in [-0.4, -0.2) is 9.30 Å². The maximum atomic E-state index is 13.9. The summed E-state index contributed by atoms with van der Waals surface area (Å²) in [6, 6.07) is 4.96. The summed E-state index contributed by atoms with van der Waals surface area (Å²) in [5.41, 5.74) is 0.550. The van der Waals surface area contributed by atoms with Gasteiger partial charge in [0.2, 0.25) is 0 Å². The van der Waals surface area contributed by atoms with Crippen LogP contribution in [0.4, 0.5) is 4.39 Å². The number of benzene rings is 1. The van der Waals surface area contributed by atoms with Gasteiger partial charge in [-0.3, -0.25) is 0 Å². The average Bonchev–Trinajstić information content (AvgIpc) is 2.20. The Labute approximate surface area is 119 Å².